The van der Waals surface area contributed by atoms with Gasteiger partial charge in [-0.05, 0) is 63.2 Å². The molecule has 4 aliphatic rings. The summed E-state index contributed by atoms with van der Waals surface area (Å²) in [5, 5.41) is 0. The smallest absolute Gasteiger partial charge is 0.307 e. The highest BCUT2D eigenvalue weighted by atomic mass is 16.7. The van der Waals surface area contributed by atoms with Crippen LogP contribution in [0.1, 0.15) is 58.8 Å². The Hall–Kier alpha value is -0.570. The van der Waals surface area contributed by atoms with Gasteiger partial charge in [-0.1, -0.05) is 6.92 Å². The van der Waals surface area contributed by atoms with Crippen LogP contribution < -0.4 is 0 Å². The molecule has 0 radical (unpaired) electrons. The van der Waals surface area contributed by atoms with E-state index >= 15 is 0 Å². The molecule has 0 aliphatic heterocycles. The normalized spacial score (nSPS) is 42.9. The third kappa shape index (κ3) is 2.29. The Balaban J connectivity index is 1.63. The second-order valence-corrected chi connectivity index (χ2v) is 6.63. The van der Waals surface area contributed by atoms with Gasteiger partial charge in [0.25, 0.3) is 0 Å². The molecule has 4 fully saturated rings. The SMILES string of the molecule is CCC(=O)OC(C)OC12CC3CC(CC(C3)C1)C2. The van der Waals surface area contributed by atoms with Crippen LogP contribution in [0.3, 0.4) is 0 Å². The second kappa shape index (κ2) is 4.52. The summed E-state index contributed by atoms with van der Waals surface area (Å²) in [6.07, 6.45) is 7.83. The number of carbonyl (C=O) groups excluding carboxylic acids is 1. The van der Waals surface area contributed by atoms with Crippen molar-refractivity contribution in [2.45, 2.75) is 70.7 Å². The fourth-order valence-electron chi connectivity index (χ4n) is 4.82. The molecule has 4 bridgehead atoms. The maximum atomic E-state index is 11.3. The van der Waals surface area contributed by atoms with E-state index in [1.54, 1.807) is 0 Å². The minimum atomic E-state index is -0.381. The van der Waals surface area contributed by atoms with E-state index < -0.39 is 0 Å². The maximum Gasteiger partial charge on any atom is 0.307 e. The molecule has 0 aromatic carbocycles. The van der Waals surface area contributed by atoms with Crippen LogP contribution in [0.5, 0.6) is 0 Å². The third-order valence-corrected chi connectivity index (χ3v) is 4.98. The number of carbonyl (C=O) groups is 1. The molecular formula is C15H24O3. The molecule has 0 aromatic rings. The van der Waals surface area contributed by atoms with Crippen LogP contribution in [0.4, 0.5) is 0 Å². The summed E-state index contributed by atoms with van der Waals surface area (Å²) in [6, 6.07) is 0. The molecule has 102 valence electrons. The van der Waals surface area contributed by atoms with Crippen molar-refractivity contribution in [1.82, 2.24) is 0 Å². The van der Waals surface area contributed by atoms with Crippen molar-refractivity contribution in [3.63, 3.8) is 0 Å². The first-order valence-corrected chi connectivity index (χ1v) is 7.46. The largest absolute Gasteiger partial charge is 0.436 e. The maximum absolute atomic E-state index is 11.3. The van der Waals surface area contributed by atoms with Gasteiger partial charge >= 0.3 is 5.97 Å². The quantitative estimate of drug-likeness (QED) is 0.569. The van der Waals surface area contributed by atoms with Gasteiger partial charge in [-0.25, -0.2) is 0 Å². The summed E-state index contributed by atoms with van der Waals surface area (Å²) in [4.78, 5) is 11.3. The summed E-state index contributed by atoms with van der Waals surface area (Å²) in [6.45, 7) is 3.69. The predicted molar refractivity (Wildman–Crippen MR) is 67.8 cm³/mol. The van der Waals surface area contributed by atoms with Crippen LogP contribution >= 0.6 is 0 Å². The van der Waals surface area contributed by atoms with Crippen molar-refractivity contribution < 1.29 is 14.3 Å². The molecule has 0 heterocycles. The van der Waals surface area contributed by atoms with E-state index in [0.717, 1.165) is 17.8 Å². The second-order valence-electron chi connectivity index (χ2n) is 6.63. The van der Waals surface area contributed by atoms with E-state index in [-0.39, 0.29) is 17.9 Å². The van der Waals surface area contributed by atoms with Crippen LogP contribution in [-0.2, 0) is 14.3 Å². The molecule has 0 saturated heterocycles. The van der Waals surface area contributed by atoms with Gasteiger partial charge in [-0.3, -0.25) is 4.79 Å². The molecule has 1 atom stereocenters. The highest BCUT2D eigenvalue weighted by Gasteiger charge is 2.52. The van der Waals surface area contributed by atoms with Gasteiger partial charge < -0.3 is 9.47 Å². The van der Waals surface area contributed by atoms with E-state index in [1.807, 2.05) is 13.8 Å². The molecular weight excluding hydrogens is 228 g/mol. The number of hydrogen-bond acceptors (Lipinski definition) is 3. The third-order valence-electron chi connectivity index (χ3n) is 4.98. The van der Waals surface area contributed by atoms with E-state index in [4.69, 9.17) is 9.47 Å². The lowest BCUT2D eigenvalue weighted by Crippen LogP contribution is -2.53. The van der Waals surface area contributed by atoms with E-state index in [0.29, 0.717) is 6.42 Å². The standard InChI is InChI=1S/C15H24O3/c1-3-14(16)17-10(2)18-15-7-11-4-12(8-15)6-13(5-11)9-15/h10-13H,3-9H2,1-2H3. The van der Waals surface area contributed by atoms with Crippen molar-refractivity contribution >= 4 is 5.97 Å². The average molecular weight is 252 g/mol. The predicted octanol–water partition coefficient (Wildman–Crippen LogP) is 3.27. The zero-order valence-electron chi connectivity index (χ0n) is 11.5. The van der Waals surface area contributed by atoms with Gasteiger partial charge in [-0.15, -0.1) is 0 Å². The van der Waals surface area contributed by atoms with Gasteiger partial charge in [-0.2, -0.15) is 0 Å². The van der Waals surface area contributed by atoms with E-state index in [9.17, 15) is 4.79 Å². The van der Waals surface area contributed by atoms with Crippen LogP contribution in [-0.4, -0.2) is 17.9 Å². The average Bonchev–Trinajstić information content (AvgIpc) is 2.25. The van der Waals surface area contributed by atoms with E-state index in [1.165, 1.54) is 38.5 Å². The number of hydrogen-bond donors (Lipinski definition) is 0. The van der Waals surface area contributed by atoms with Gasteiger partial charge in [0, 0.05) is 6.42 Å². The number of ether oxygens (including phenoxy) is 2. The van der Waals surface area contributed by atoms with Gasteiger partial charge in [0.2, 0.25) is 6.29 Å². The number of esters is 1. The van der Waals surface area contributed by atoms with E-state index in [2.05, 4.69) is 0 Å². The Bertz CT molecular complexity index is 301. The fraction of sp³-hybridized carbons (Fsp3) is 0.933. The van der Waals surface area contributed by atoms with Crippen LogP contribution in [0.25, 0.3) is 0 Å². The van der Waals surface area contributed by atoms with Gasteiger partial charge in [0.15, 0.2) is 0 Å². The molecule has 0 spiro atoms. The molecule has 4 aliphatic carbocycles. The lowest BCUT2D eigenvalue weighted by Gasteiger charge is -2.56. The first-order valence-electron chi connectivity index (χ1n) is 7.46. The summed E-state index contributed by atoms with van der Waals surface area (Å²) in [7, 11) is 0. The van der Waals surface area contributed by atoms with Crippen molar-refractivity contribution in [3.05, 3.63) is 0 Å². The Morgan fingerprint density at radius 2 is 1.67 bits per heavy atom. The molecule has 1 unspecified atom stereocenters. The van der Waals surface area contributed by atoms with Gasteiger partial charge in [0.1, 0.15) is 0 Å². The minimum Gasteiger partial charge on any atom is -0.436 e. The van der Waals surface area contributed by atoms with Crippen molar-refractivity contribution in [2.75, 3.05) is 0 Å². The minimum absolute atomic E-state index is 0.0299. The van der Waals surface area contributed by atoms with Crippen LogP contribution in [0.15, 0.2) is 0 Å². The fourth-order valence-corrected chi connectivity index (χ4v) is 4.82. The lowest BCUT2D eigenvalue weighted by molar-refractivity contribution is -0.244. The summed E-state index contributed by atoms with van der Waals surface area (Å²) in [5.41, 5.74) is 0.0299. The first kappa shape index (κ1) is 12.5. The molecule has 3 heteroatoms. The molecule has 18 heavy (non-hydrogen) atoms. The van der Waals surface area contributed by atoms with Crippen molar-refractivity contribution in [3.8, 4) is 0 Å². The molecule has 0 N–H and O–H groups in total. The summed E-state index contributed by atoms with van der Waals surface area (Å²) >= 11 is 0. The lowest BCUT2D eigenvalue weighted by atomic mass is 9.54. The highest BCUT2D eigenvalue weighted by molar-refractivity contribution is 5.68. The van der Waals surface area contributed by atoms with Crippen molar-refractivity contribution in [2.24, 2.45) is 17.8 Å². The molecule has 0 amide bonds. The Morgan fingerprint density at radius 1 is 1.17 bits per heavy atom. The molecule has 3 nitrogen and oxygen atoms in total. The Labute approximate surface area is 109 Å². The van der Waals surface area contributed by atoms with Crippen LogP contribution in [0.2, 0.25) is 0 Å². The topological polar surface area (TPSA) is 35.5 Å². The monoisotopic (exact) mass is 252 g/mol. The van der Waals surface area contributed by atoms with Gasteiger partial charge in [0.05, 0.1) is 5.60 Å². The zero-order valence-corrected chi connectivity index (χ0v) is 11.5. The highest BCUT2D eigenvalue weighted by Crippen LogP contribution is 2.57. The first-order chi connectivity index (χ1) is 8.58. The molecule has 0 aromatic heterocycles. The Kier molecular flexibility index (Phi) is 3.13. The summed E-state index contributed by atoms with van der Waals surface area (Å²) in [5.74, 6) is 2.44. The zero-order chi connectivity index (χ0) is 12.8. The molecule has 4 rings (SSSR count). The Morgan fingerprint density at radius 3 is 2.11 bits per heavy atom. The van der Waals surface area contributed by atoms with Crippen LogP contribution in [0, 0.1) is 17.8 Å². The summed E-state index contributed by atoms with van der Waals surface area (Å²) < 4.78 is 11.5. The van der Waals surface area contributed by atoms with Crippen molar-refractivity contribution in [1.29, 1.82) is 0 Å². The number of rotatable bonds is 4. The molecule has 4 saturated carbocycles.